The minimum absolute atomic E-state index is 0. The number of rotatable bonds is 47. The molecule has 0 aliphatic carbocycles. The number of cyclic esters (lactones) is 2. The van der Waals surface area contributed by atoms with Crippen molar-refractivity contribution in [3.05, 3.63) is 279 Å². The number of nitrogens with zero attached hydrogens (tertiary/aromatic N) is 3. The predicted octanol–water partition coefficient (Wildman–Crippen LogP) is 16.5. The number of allylic oxidation sites excluding steroid dienone is 4. The number of likely N-dealkylation sites (N-methyl/N-ethyl adjacent to an activating group) is 3. The van der Waals surface area contributed by atoms with Gasteiger partial charge < -0.3 is 104 Å². The normalized spacial score (nSPS) is 14.2. The van der Waals surface area contributed by atoms with E-state index in [1.54, 1.807) is 48.2 Å². The summed E-state index contributed by atoms with van der Waals surface area (Å²) in [6.07, 6.45) is 7.36. The first-order valence-corrected chi connectivity index (χ1v) is 43.9. The number of benzene rings is 8. The Morgan fingerprint density at radius 3 is 0.917 bits per heavy atom. The summed E-state index contributed by atoms with van der Waals surface area (Å²) in [5.41, 5.74) is 8.24. The van der Waals surface area contributed by atoms with Gasteiger partial charge in [0, 0.05) is 164 Å². The fourth-order valence-corrected chi connectivity index (χ4v) is 13.4. The maximum absolute atomic E-state index is 12.6. The molecule has 0 spiro atoms. The summed E-state index contributed by atoms with van der Waals surface area (Å²) in [6.45, 7) is 28.8. The topological polar surface area (TPSA) is 339 Å². The van der Waals surface area contributed by atoms with Crippen LogP contribution in [0.15, 0.2) is 218 Å². The molecule has 1 fully saturated rings. The van der Waals surface area contributed by atoms with Crippen LogP contribution in [-0.2, 0) is 181 Å². The average molecular weight is 2120 g/mol. The fraction of sp³-hybridized carbons (Fsp3) is 0.462. The Kier molecular flexibility index (Phi) is 61.5. The fourth-order valence-electron chi connectivity index (χ4n) is 13.4. The van der Waals surface area contributed by atoms with Crippen LogP contribution in [0.5, 0.6) is 46.0 Å². The minimum atomic E-state index is -1.25. The molecule has 8 unspecified atom stereocenters. The molecule has 0 saturated carbocycles. The Balaban J connectivity index is 0.000000933. The molecular formula is C104H140N4O20Y4-4. The molecular weight excluding hydrogens is 1980 g/mol. The van der Waals surface area contributed by atoms with Crippen molar-refractivity contribution in [3.8, 4) is 46.0 Å². The zero-order valence-electron chi connectivity index (χ0n) is 80.8. The molecule has 712 valence electrons. The van der Waals surface area contributed by atoms with Gasteiger partial charge in [-0.1, -0.05) is 204 Å². The maximum Gasteiger partial charge on any atom is 0.317 e. The minimum Gasteiger partial charge on any atom is -0.663 e. The molecule has 1 aliphatic rings. The number of hydrogen-bond donors (Lipinski definition) is 6. The van der Waals surface area contributed by atoms with Gasteiger partial charge in [0.15, 0.2) is 0 Å². The number of aliphatic carboxylic acids is 1. The van der Waals surface area contributed by atoms with E-state index in [9.17, 15) is 49.8 Å². The van der Waals surface area contributed by atoms with Gasteiger partial charge in [0.2, 0.25) is 0 Å². The van der Waals surface area contributed by atoms with Gasteiger partial charge in [-0.2, -0.15) is 21.1 Å². The summed E-state index contributed by atoms with van der Waals surface area (Å²) in [4.78, 5) is 45.7. The predicted molar refractivity (Wildman–Crippen MR) is 503 cm³/mol. The first kappa shape index (κ1) is 124. The van der Waals surface area contributed by atoms with Crippen molar-refractivity contribution in [2.24, 2.45) is 17.8 Å². The second-order valence-electron chi connectivity index (χ2n) is 33.6. The third kappa shape index (κ3) is 43.2. The van der Waals surface area contributed by atoms with Crippen molar-refractivity contribution in [2.45, 2.75) is 187 Å². The molecule has 4 radical (unpaired) electrons. The number of esters is 3. The standard InChI is InChI=1S/C41H52N2O7.C30H40O6.C22H30NO4.C9H12O3.C2H7N.4Y/c1-40(2,29-7-15-36(16-8-29)47-25-33(44)23-42-5)31-11-19-38(20-12-31)49-27-35(46)28-50-39-21-13-32(14-22-39)41(3,4)30-9-17-37(18-10-30)48-26-34(45)24-43-6;1-7-9-10-11-27(28(31)32)21(3)29(33)36-24(8-2)20-35-26-18-14-23(15-19-26)30(4,5)22-12-16-25(34-6)17-13-22;1-16(24)14-26-20-9-5-17(6-10-20)22(2,3)18-7-11-21(12-8-18)27-15-19(25)13-23-4;1-2-3-4-5-7-6-8(10)12-9(7)11;1-3-2;;;;/h7-22,33-35,44-46H,23-28H2,1-6H3;9-10,12-19,21,24,27H,7-8,11,20H2,1-6H3,(H,31,32);5-12,16,19,24-25H,13-15H2,1-4H3;3-4,7H,2,5-6H2,1H3;3H,1-2H3;;;;/q-2;;-1;;;;;;/p-1/b;10-9+;;4-3+;;;;;. The molecule has 0 bridgehead atoms. The van der Waals surface area contributed by atoms with Crippen LogP contribution < -0.4 is 48.3 Å². The molecule has 132 heavy (non-hydrogen) atoms. The summed E-state index contributed by atoms with van der Waals surface area (Å²) < 4.78 is 55.4. The summed E-state index contributed by atoms with van der Waals surface area (Å²) in [6, 6.07) is 63.4. The van der Waals surface area contributed by atoms with Crippen molar-refractivity contribution >= 4 is 23.9 Å². The molecule has 1 aliphatic heterocycles. The van der Waals surface area contributed by atoms with E-state index in [-0.39, 0.29) is 223 Å². The summed E-state index contributed by atoms with van der Waals surface area (Å²) in [7, 11) is 10.4. The van der Waals surface area contributed by atoms with Crippen LogP contribution in [-0.4, -0.2) is 194 Å². The quantitative estimate of drug-likeness (QED) is 0.0117. The van der Waals surface area contributed by atoms with Crippen molar-refractivity contribution in [1.82, 2.24) is 5.32 Å². The SMILES string of the molecule is CC/C=C/CC(C(=O)[O-])C(C)C(=O)OC(CC)COc1ccc(C(C)(C)c2ccc(OC)cc2)cc1.CC/C=C/CC1CC(=O)OC1=O.CNC.C[N-]CC(O)COc1ccc(C(C)(C)c2ccc(OCC(C)O)cc2)cc1.C[N-]CC(O)COc1ccc(C(C)(C)c2ccc(OCC(O)COc3ccc(C(C)(C)c4ccc(OCC(O)C[N-]C)cc4)cc3)cc2)cc1.[Y].[Y].[Y].[Y]. The van der Waals surface area contributed by atoms with Crippen LogP contribution >= 0.6 is 0 Å². The van der Waals surface area contributed by atoms with E-state index in [0.29, 0.717) is 61.2 Å². The van der Waals surface area contributed by atoms with Crippen molar-refractivity contribution in [3.63, 3.8) is 0 Å². The molecule has 8 aromatic carbocycles. The van der Waals surface area contributed by atoms with Crippen LogP contribution in [0.25, 0.3) is 16.0 Å². The largest absolute Gasteiger partial charge is 0.663 e. The number of carboxylic acid groups (broad SMARTS) is 1. The summed E-state index contributed by atoms with van der Waals surface area (Å²) in [5.74, 6) is 1.16. The van der Waals surface area contributed by atoms with E-state index in [1.165, 1.54) is 11.1 Å². The molecule has 28 heteroatoms. The first-order valence-electron chi connectivity index (χ1n) is 43.9. The second kappa shape index (κ2) is 65.5. The third-order valence-electron chi connectivity index (χ3n) is 21.8. The number of methoxy groups -OCH3 is 1. The molecule has 0 aromatic heterocycles. The third-order valence-corrected chi connectivity index (χ3v) is 21.8. The van der Waals surface area contributed by atoms with Gasteiger partial charge in [-0.15, -0.1) is 19.6 Å². The number of carbonyl (C=O) groups excluding carboxylic acids is 4. The molecule has 24 nitrogen and oxygen atoms in total. The van der Waals surface area contributed by atoms with Gasteiger partial charge >= 0.3 is 17.9 Å². The summed E-state index contributed by atoms with van der Waals surface area (Å²) in [5, 5.41) is 75.3. The van der Waals surface area contributed by atoms with Crippen LogP contribution in [0, 0.1) is 17.8 Å². The van der Waals surface area contributed by atoms with Crippen LogP contribution in [0.1, 0.15) is 173 Å². The van der Waals surface area contributed by atoms with Crippen LogP contribution in [0.4, 0.5) is 0 Å². The number of nitrogens with one attached hydrogen (secondary N) is 1. The summed E-state index contributed by atoms with van der Waals surface area (Å²) >= 11 is 0. The van der Waals surface area contributed by atoms with E-state index in [4.69, 9.17) is 42.6 Å². The number of aliphatic hydroxyl groups is 5. The molecule has 6 N–H and O–H groups in total. The van der Waals surface area contributed by atoms with E-state index < -0.39 is 66.4 Å². The molecule has 1 heterocycles. The Morgan fingerprint density at radius 2 is 0.682 bits per heavy atom. The number of carboxylic acids is 1. The van der Waals surface area contributed by atoms with Crippen molar-refractivity contribution in [2.75, 3.05) is 108 Å². The second-order valence-corrected chi connectivity index (χ2v) is 33.6. The average Bonchev–Trinajstić information content (AvgIpc) is 1.30. The zero-order chi connectivity index (χ0) is 94.4. The Labute approximate surface area is 885 Å². The van der Waals surface area contributed by atoms with E-state index in [1.807, 2.05) is 235 Å². The zero-order valence-corrected chi connectivity index (χ0v) is 92.2. The molecule has 1 saturated heterocycles. The van der Waals surface area contributed by atoms with E-state index in [0.717, 1.165) is 63.5 Å². The maximum atomic E-state index is 12.6. The van der Waals surface area contributed by atoms with Gasteiger partial charge in [0.05, 0.1) is 49.8 Å². The van der Waals surface area contributed by atoms with Crippen LogP contribution in [0.3, 0.4) is 0 Å². The number of aliphatic hydroxyl groups excluding tert-OH is 5. The van der Waals surface area contributed by atoms with Crippen molar-refractivity contribution in [1.29, 1.82) is 0 Å². The molecule has 8 atom stereocenters. The smallest absolute Gasteiger partial charge is 0.317 e. The number of ether oxygens (including phenoxy) is 10. The number of hydrogen-bond acceptors (Lipinski definition) is 21. The van der Waals surface area contributed by atoms with Gasteiger partial charge in [-0.25, -0.2) is 0 Å². The Morgan fingerprint density at radius 1 is 0.424 bits per heavy atom. The monoisotopic (exact) mass is 2120 g/mol. The van der Waals surface area contributed by atoms with E-state index in [2.05, 4.69) is 93.5 Å². The van der Waals surface area contributed by atoms with Gasteiger partial charge in [0.1, 0.15) is 104 Å². The van der Waals surface area contributed by atoms with Crippen LogP contribution in [0.2, 0.25) is 0 Å². The molecule has 9 rings (SSSR count). The Hall–Kier alpha value is -6.22. The van der Waals surface area contributed by atoms with Crippen molar-refractivity contribution < 1.29 is 228 Å². The van der Waals surface area contributed by atoms with Gasteiger partial charge in [-0.3, -0.25) is 14.4 Å². The molecule has 0 amide bonds. The number of carbonyl (C=O) groups is 4. The van der Waals surface area contributed by atoms with Gasteiger partial charge in [0.25, 0.3) is 0 Å². The molecule has 8 aromatic rings. The van der Waals surface area contributed by atoms with Gasteiger partial charge in [-0.05, 0) is 195 Å². The van der Waals surface area contributed by atoms with E-state index >= 15 is 0 Å². The first-order chi connectivity index (χ1) is 61.0. The Bertz CT molecular complexity index is 4430.